The molecule has 0 amide bonds. The van der Waals surface area contributed by atoms with Gasteiger partial charge in [0.2, 0.25) is 6.29 Å². The Morgan fingerprint density at radius 2 is 1.71 bits per heavy atom. The third-order valence-corrected chi connectivity index (χ3v) is 1.96. The minimum Gasteiger partial charge on any atom is -0.451 e. The molecule has 1 aliphatic rings. The van der Waals surface area contributed by atoms with Crippen molar-refractivity contribution in [1.82, 2.24) is 0 Å². The van der Waals surface area contributed by atoms with Gasteiger partial charge in [-0.05, 0) is 31.0 Å². The fraction of sp³-hybridized carbons (Fsp3) is 0.500. The van der Waals surface area contributed by atoms with Crippen LogP contribution in [0.5, 0.6) is 11.5 Å². The molecule has 78 valence electrons. The van der Waals surface area contributed by atoms with E-state index in [9.17, 15) is 0 Å². The standard InChI is InChI=1S/C10H12O2.C2H6/c1-6-4-7(2)10-9(5-6)11-8(3)12-10;1-2/h4-5,8H,1-3H3;1-2H3. The highest BCUT2D eigenvalue weighted by Crippen LogP contribution is 2.38. The predicted molar refractivity (Wildman–Crippen MR) is 58.0 cm³/mol. The van der Waals surface area contributed by atoms with Gasteiger partial charge in [0.05, 0.1) is 0 Å². The summed E-state index contributed by atoms with van der Waals surface area (Å²) < 4.78 is 10.9. The fourth-order valence-electron chi connectivity index (χ4n) is 1.52. The molecule has 1 aromatic carbocycles. The summed E-state index contributed by atoms with van der Waals surface area (Å²) in [6.07, 6.45) is -0.138. The Morgan fingerprint density at radius 3 is 2.36 bits per heavy atom. The first-order chi connectivity index (χ1) is 6.66. The molecule has 14 heavy (non-hydrogen) atoms. The number of aryl methyl sites for hydroxylation is 2. The van der Waals surface area contributed by atoms with E-state index in [0.29, 0.717) is 0 Å². The molecule has 0 radical (unpaired) electrons. The van der Waals surface area contributed by atoms with Gasteiger partial charge in [0.15, 0.2) is 11.5 Å². The van der Waals surface area contributed by atoms with Crippen LogP contribution in [0, 0.1) is 13.8 Å². The van der Waals surface area contributed by atoms with Crippen LogP contribution < -0.4 is 9.47 Å². The van der Waals surface area contributed by atoms with Crippen molar-refractivity contribution in [1.29, 1.82) is 0 Å². The van der Waals surface area contributed by atoms with Crippen molar-refractivity contribution in [3.05, 3.63) is 23.3 Å². The minimum absolute atomic E-state index is 0.138. The maximum atomic E-state index is 5.47. The second kappa shape index (κ2) is 4.36. The van der Waals surface area contributed by atoms with Crippen LogP contribution in [0.1, 0.15) is 31.9 Å². The average Bonchev–Trinajstić information content (AvgIpc) is 2.49. The van der Waals surface area contributed by atoms with Crippen LogP contribution >= 0.6 is 0 Å². The van der Waals surface area contributed by atoms with E-state index in [1.165, 1.54) is 5.56 Å². The quantitative estimate of drug-likeness (QED) is 0.629. The van der Waals surface area contributed by atoms with E-state index in [2.05, 4.69) is 13.0 Å². The summed E-state index contributed by atoms with van der Waals surface area (Å²) in [5, 5.41) is 0. The number of rotatable bonds is 0. The zero-order valence-corrected chi connectivity index (χ0v) is 9.55. The fourth-order valence-corrected chi connectivity index (χ4v) is 1.52. The summed E-state index contributed by atoms with van der Waals surface area (Å²) in [7, 11) is 0. The van der Waals surface area contributed by atoms with Crippen molar-refractivity contribution in [3.8, 4) is 11.5 Å². The van der Waals surface area contributed by atoms with Crippen molar-refractivity contribution in [3.63, 3.8) is 0 Å². The number of fused-ring (bicyclic) bond motifs is 1. The molecule has 2 heteroatoms. The zero-order chi connectivity index (χ0) is 10.7. The second-order valence-electron chi connectivity index (χ2n) is 3.21. The molecule has 1 atom stereocenters. The van der Waals surface area contributed by atoms with Gasteiger partial charge in [0, 0.05) is 6.92 Å². The third-order valence-electron chi connectivity index (χ3n) is 1.96. The number of ether oxygens (including phenoxy) is 2. The lowest BCUT2D eigenvalue weighted by atomic mass is 10.1. The normalized spacial score (nSPS) is 17.4. The van der Waals surface area contributed by atoms with Crippen molar-refractivity contribution in [2.24, 2.45) is 0 Å². The average molecular weight is 194 g/mol. The molecule has 0 saturated carbocycles. The molecule has 0 saturated heterocycles. The van der Waals surface area contributed by atoms with E-state index in [4.69, 9.17) is 9.47 Å². The summed E-state index contributed by atoms with van der Waals surface area (Å²) in [6, 6.07) is 4.10. The molecule has 1 heterocycles. The molecule has 0 aromatic heterocycles. The number of hydrogen-bond acceptors (Lipinski definition) is 2. The molecule has 1 aromatic rings. The molecule has 2 nitrogen and oxygen atoms in total. The van der Waals surface area contributed by atoms with Crippen molar-refractivity contribution < 1.29 is 9.47 Å². The van der Waals surface area contributed by atoms with E-state index in [-0.39, 0.29) is 6.29 Å². The summed E-state index contributed by atoms with van der Waals surface area (Å²) in [4.78, 5) is 0. The van der Waals surface area contributed by atoms with Crippen LogP contribution in [0.3, 0.4) is 0 Å². The number of benzene rings is 1. The highest BCUT2D eigenvalue weighted by molar-refractivity contribution is 5.50. The Balaban J connectivity index is 0.000000461. The maximum Gasteiger partial charge on any atom is 0.238 e. The first kappa shape index (κ1) is 10.9. The lowest BCUT2D eigenvalue weighted by Gasteiger charge is -2.01. The van der Waals surface area contributed by atoms with Gasteiger partial charge in [-0.2, -0.15) is 0 Å². The highest BCUT2D eigenvalue weighted by Gasteiger charge is 2.21. The maximum absolute atomic E-state index is 5.47. The minimum atomic E-state index is -0.138. The van der Waals surface area contributed by atoms with E-state index in [0.717, 1.165) is 17.1 Å². The van der Waals surface area contributed by atoms with Gasteiger partial charge < -0.3 is 9.47 Å². The van der Waals surface area contributed by atoms with Gasteiger partial charge in [-0.15, -0.1) is 0 Å². The summed E-state index contributed by atoms with van der Waals surface area (Å²) >= 11 is 0. The third kappa shape index (κ3) is 2.00. The molecule has 1 aliphatic heterocycles. The van der Waals surface area contributed by atoms with Gasteiger partial charge in [-0.3, -0.25) is 0 Å². The summed E-state index contributed by atoms with van der Waals surface area (Å²) in [5.74, 6) is 1.77. The van der Waals surface area contributed by atoms with Gasteiger partial charge in [0.1, 0.15) is 0 Å². The second-order valence-corrected chi connectivity index (χ2v) is 3.21. The SMILES string of the molecule is CC.Cc1cc(C)c2c(c1)OC(C)O2. The first-order valence-electron chi connectivity index (χ1n) is 5.11. The van der Waals surface area contributed by atoms with Crippen molar-refractivity contribution in [2.45, 2.75) is 40.9 Å². The van der Waals surface area contributed by atoms with Crippen molar-refractivity contribution >= 4 is 0 Å². The van der Waals surface area contributed by atoms with E-state index < -0.39 is 0 Å². The molecule has 0 spiro atoms. The molecular weight excluding hydrogens is 176 g/mol. The molecule has 1 unspecified atom stereocenters. The molecule has 0 aliphatic carbocycles. The van der Waals surface area contributed by atoms with E-state index >= 15 is 0 Å². The van der Waals surface area contributed by atoms with Gasteiger partial charge in [-0.1, -0.05) is 19.9 Å². The van der Waals surface area contributed by atoms with E-state index in [1.54, 1.807) is 0 Å². The highest BCUT2D eigenvalue weighted by atomic mass is 16.7. The van der Waals surface area contributed by atoms with Crippen LogP contribution in [-0.4, -0.2) is 6.29 Å². The van der Waals surface area contributed by atoms with Crippen LogP contribution in [0.2, 0.25) is 0 Å². The Morgan fingerprint density at radius 1 is 1.07 bits per heavy atom. The van der Waals surface area contributed by atoms with Gasteiger partial charge >= 0.3 is 0 Å². The molecule has 0 fully saturated rings. The largest absolute Gasteiger partial charge is 0.451 e. The lowest BCUT2D eigenvalue weighted by molar-refractivity contribution is 0.0675. The lowest BCUT2D eigenvalue weighted by Crippen LogP contribution is -2.11. The Bertz CT molecular complexity index is 318. The Kier molecular flexibility index (Phi) is 3.39. The molecule has 0 N–H and O–H groups in total. The summed E-state index contributed by atoms with van der Waals surface area (Å²) in [6.45, 7) is 9.99. The van der Waals surface area contributed by atoms with Crippen LogP contribution in [-0.2, 0) is 0 Å². The predicted octanol–water partition coefficient (Wildman–Crippen LogP) is 3.45. The van der Waals surface area contributed by atoms with Crippen LogP contribution in [0.25, 0.3) is 0 Å². The summed E-state index contributed by atoms with van der Waals surface area (Å²) in [5.41, 5.74) is 2.36. The van der Waals surface area contributed by atoms with E-state index in [1.807, 2.05) is 33.8 Å². The number of hydrogen-bond donors (Lipinski definition) is 0. The van der Waals surface area contributed by atoms with Gasteiger partial charge in [-0.25, -0.2) is 0 Å². The Hall–Kier alpha value is -1.18. The monoisotopic (exact) mass is 194 g/mol. The topological polar surface area (TPSA) is 18.5 Å². The molecule has 0 bridgehead atoms. The molecule has 2 rings (SSSR count). The van der Waals surface area contributed by atoms with Crippen molar-refractivity contribution in [2.75, 3.05) is 0 Å². The van der Waals surface area contributed by atoms with Gasteiger partial charge in [0.25, 0.3) is 0 Å². The molecular formula is C12H18O2. The van der Waals surface area contributed by atoms with Crippen LogP contribution in [0.15, 0.2) is 12.1 Å². The van der Waals surface area contributed by atoms with Crippen LogP contribution in [0.4, 0.5) is 0 Å². The Labute approximate surface area is 85.8 Å². The zero-order valence-electron chi connectivity index (χ0n) is 9.55. The smallest absolute Gasteiger partial charge is 0.238 e. The first-order valence-corrected chi connectivity index (χ1v) is 5.11.